The first-order valence-electron chi connectivity index (χ1n) is 9.35. The van der Waals surface area contributed by atoms with Gasteiger partial charge >= 0.3 is 0 Å². The number of carbonyl (C=O) groups excluding carboxylic acids is 2. The molecule has 0 atom stereocenters. The molecular formula is C20H29N2O2+. The summed E-state index contributed by atoms with van der Waals surface area (Å²) in [6, 6.07) is 8.28. The molecule has 4 heteroatoms. The molecule has 4 nitrogen and oxygen atoms in total. The maximum Gasteiger partial charge on any atom is 0.275 e. The molecule has 1 aromatic rings. The van der Waals surface area contributed by atoms with E-state index in [-0.39, 0.29) is 17.6 Å². The normalized spacial score (nSPS) is 24.7. The lowest BCUT2D eigenvalue weighted by atomic mass is 9.88. The largest absolute Gasteiger partial charge is 0.348 e. The lowest BCUT2D eigenvalue weighted by Gasteiger charge is -2.28. The third-order valence-corrected chi connectivity index (χ3v) is 5.53. The van der Waals surface area contributed by atoms with Crippen LogP contribution in [0, 0.1) is 12.8 Å². The summed E-state index contributed by atoms with van der Waals surface area (Å²) in [5.41, 5.74) is 2.01. The Morgan fingerprint density at radius 1 is 1.04 bits per heavy atom. The number of amides is 1. The van der Waals surface area contributed by atoms with Crippen molar-refractivity contribution in [1.82, 2.24) is 5.32 Å². The zero-order valence-electron chi connectivity index (χ0n) is 14.6. The van der Waals surface area contributed by atoms with Crippen molar-refractivity contribution in [3.05, 3.63) is 35.4 Å². The van der Waals surface area contributed by atoms with E-state index < -0.39 is 0 Å². The molecule has 2 aliphatic rings. The van der Waals surface area contributed by atoms with Crippen molar-refractivity contribution in [3.63, 3.8) is 0 Å². The molecule has 0 spiro atoms. The molecule has 1 heterocycles. The standard InChI is InChI=1S/C20H28N2O2/c1-15-6-8-16(9-7-15)20(24)17-10-12-22(13-11-17)14-19(23)21-18-4-2-3-5-18/h6-9,17-18H,2-5,10-14H2,1H3,(H,21,23)/p+1. The molecule has 3 rings (SSSR count). The second-order valence-electron chi connectivity index (χ2n) is 7.48. The molecule has 1 amide bonds. The van der Waals surface area contributed by atoms with Gasteiger partial charge in [0, 0.05) is 30.4 Å². The number of benzene rings is 1. The summed E-state index contributed by atoms with van der Waals surface area (Å²) >= 11 is 0. The van der Waals surface area contributed by atoms with Gasteiger partial charge in [0.05, 0.1) is 13.1 Å². The minimum absolute atomic E-state index is 0.120. The molecule has 1 aliphatic heterocycles. The molecule has 1 aliphatic carbocycles. The van der Waals surface area contributed by atoms with Crippen LogP contribution >= 0.6 is 0 Å². The maximum absolute atomic E-state index is 12.6. The summed E-state index contributed by atoms with van der Waals surface area (Å²) in [4.78, 5) is 26.0. The molecule has 2 N–H and O–H groups in total. The van der Waals surface area contributed by atoms with E-state index in [1.54, 1.807) is 0 Å². The number of aryl methyl sites for hydroxylation is 1. The Kier molecular flexibility index (Phi) is 5.67. The number of hydrogen-bond acceptors (Lipinski definition) is 2. The molecule has 2 fully saturated rings. The van der Waals surface area contributed by atoms with E-state index in [0.717, 1.165) is 44.3 Å². The Balaban J connectivity index is 1.44. The van der Waals surface area contributed by atoms with Crippen LogP contribution in [0.4, 0.5) is 0 Å². The lowest BCUT2D eigenvalue weighted by molar-refractivity contribution is -0.897. The van der Waals surface area contributed by atoms with E-state index in [0.29, 0.717) is 12.6 Å². The average molecular weight is 329 g/mol. The van der Waals surface area contributed by atoms with Crippen LogP contribution in [-0.2, 0) is 4.79 Å². The van der Waals surface area contributed by atoms with Gasteiger partial charge in [0.2, 0.25) is 0 Å². The highest BCUT2D eigenvalue weighted by Gasteiger charge is 2.29. The number of rotatable bonds is 5. The topological polar surface area (TPSA) is 50.6 Å². The summed E-state index contributed by atoms with van der Waals surface area (Å²) in [7, 11) is 0. The predicted molar refractivity (Wildman–Crippen MR) is 94.2 cm³/mol. The molecule has 0 bridgehead atoms. The molecule has 24 heavy (non-hydrogen) atoms. The predicted octanol–water partition coefficient (Wildman–Crippen LogP) is 1.53. The van der Waals surface area contributed by atoms with Crippen molar-refractivity contribution in [2.75, 3.05) is 19.6 Å². The molecule has 1 saturated heterocycles. The number of piperidine rings is 1. The van der Waals surface area contributed by atoms with E-state index in [1.165, 1.54) is 23.3 Å². The van der Waals surface area contributed by atoms with Crippen LogP contribution in [0.5, 0.6) is 0 Å². The van der Waals surface area contributed by atoms with Gasteiger partial charge in [-0.1, -0.05) is 42.7 Å². The Hall–Kier alpha value is -1.68. The first-order chi connectivity index (χ1) is 11.6. The number of quaternary nitrogens is 1. The van der Waals surface area contributed by atoms with E-state index >= 15 is 0 Å². The SMILES string of the molecule is Cc1ccc(C(=O)C2CC[NH+](CC(=O)NC3CCCC3)CC2)cc1. The van der Waals surface area contributed by atoms with E-state index in [1.807, 2.05) is 31.2 Å². The van der Waals surface area contributed by atoms with Crippen LogP contribution in [0.15, 0.2) is 24.3 Å². The smallest absolute Gasteiger partial charge is 0.275 e. The Bertz CT molecular complexity index is 568. The minimum atomic E-state index is 0.120. The van der Waals surface area contributed by atoms with E-state index in [4.69, 9.17) is 0 Å². The van der Waals surface area contributed by atoms with Crippen LogP contribution < -0.4 is 10.2 Å². The quantitative estimate of drug-likeness (QED) is 0.805. The van der Waals surface area contributed by atoms with Crippen LogP contribution in [0.2, 0.25) is 0 Å². The van der Waals surface area contributed by atoms with Gasteiger partial charge < -0.3 is 10.2 Å². The Labute approximate surface area is 144 Å². The highest BCUT2D eigenvalue weighted by atomic mass is 16.2. The molecule has 130 valence electrons. The molecule has 1 saturated carbocycles. The molecular weight excluding hydrogens is 300 g/mol. The van der Waals surface area contributed by atoms with Crippen LogP contribution in [0.1, 0.15) is 54.4 Å². The Morgan fingerprint density at radius 2 is 1.67 bits per heavy atom. The van der Waals surface area contributed by atoms with Crippen LogP contribution in [0.25, 0.3) is 0 Å². The van der Waals surface area contributed by atoms with Gasteiger partial charge in [-0.2, -0.15) is 0 Å². The number of nitrogens with one attached hydrogen (secondary N) is 2. The number of ketones is 1. The van der Waals surface area contributed by atoms with Crippen LogP contribution in [0.3, 0.4) is 0 Å². The zero-order chi connectivity index (χ0) is 16.9. The van der Waals surface area contributed by atoms with E-state index in [9.17, 15) is 9.59 Å². The van der Waals surface area contributed by atoms with Gasteiger partial charge in [-0.05, 0) is 19.8 Å². The highest BCUT2D eigenvalue weighted by Crippen LogP contribution is 2.18. The maximum atomic E-state index is 12.6. The summed E-state index contributed by atoms with van der Waals surface area (Å²) in [6.45, 7) is 4.43. The van der Waals surface area contributed by atoms with Gasteiger partial charge in [-0.15, -0.1) is 0 Å². The fraction of sp³-hybridized carbons (Fsp3) is 0.600. The molecule has 1 aromatic carbocycles. The monoisotopic (exact) mass is 329 g/mol. The van der Waals surface area contributed by atoms with Crippen molar-refractivity contribution >= 4 is 11.7 Å². The number of hydrogen-bond donors (Lipinski definition) is 2. The fourth-order valence-corrected chi connectivity index (χ4v) is 3.99. The third kappa shape index (κ3) is 4.44. The average Bonchev–Trinajstić information content (AvgIpc) is 3.08. The summed E-state index contributed by atoms with van der Waals surface area (Å²) < 4.78 is 0. The summed E-state index contributed by atoms with van der Waals surface area (Å²) in [6.07, 6.45) is 6.52. The molecule has 0 aromatic heterocycles. The van der Waals surface area contributed by atoms with Gasteiger partial charge in [0.1, 0.15) is 0 Å². The summed E-state index contributed by atoms with van der Waals surface area (Å²) in [5.74, 6) is 0.569. The van der Waals surface area contributed by atoms with Gasteiger partial charge in [0.15, 0.2) is 12.3 Å². The van der Waals surface area contributed by atoms with Crippen LogP contribution in [-0.4, -0.2) is 37.4 Å². The molecule has 0 radical (unpaired) electrons. The van der Waals surface area contributed by atoms with E-state index in [2.05, 4.69) is 5.32 Å². The number of Topliss-reactive ketones (excluding diaryl/α,β-unsaturated/α-hetero) is 1. The van der Waals surface area contributed by atoms with Gasteiger partial charge in [-0.3, -0.25) is 9.59 Å². The minimum Gasteiger partial charge on any atom is -0.348 e. The second kappa shape index (κ2) is 7.93. The van der Waals surface area contributed by atoms with Crippen molar-refractivity contribution in [2.45, 2.75) is 51.5 Å². The van der Waals surface area contributed by atoms with Crippen molar-refractivity contribution in [2.24, 2.45) is 5.92 Å². The van der Waals surface area contributed by atoms with Crippen molar-refractivity contribution in [1.29, 1.82) is 0 Å². The summed E-state index contributed by atoms with van der Waals surface area (Å²) in [5, 5.41) is 3.16. The zero-order valence-corrected chi connectivity index (χ0v) is 14.6. The van der Waals surface area contributed by atoms with Crippen molar-refractivity contribution in [3.8, 4) is 0 Å². The molecule has 0 unspecified atom stereocenters. The van der Waals surface area contributed by atoms with Crippen molar-refractivity contribution < 1.29 is 14.5 Å². The lowest BCUT2D eigenvalue weighted by Crippen LogP contribution is -3.14. The number of carbonyl (C=O) groups is 2. The first-order valence-corrected chi connectivity index (χ1v) is 9.35. The van der Waals surface area contributed by atoms with Gasteiger partial charge in [0.25, 0.3) is 5.91 Å². The number of likely N-dealkylation sites (tertiary alicyclic amines) is 1. The Morgan fingerprint density at radius 3 is 2.29 bits per heavy atom. The highest BCUT2D eigenvalue weighted by molar-refractivity contribution is 5.97. The fourth-order valence-electron chi connectivity index (χ4n) is 3.99. The first kappa shape index (κ1) is 17.2. The van der Waals surface area contributed by atoms with Gasteiger partial charge in [-0.25, -0.2) is 0 Å². The second-order valence-corrected chi connectivity index (χ2v) is 7.48. The third-order valence-electron chi connectivity index (χ3n) is 5.53.